The van der Waals surface area contributed by atoms with Crippen molar-refractivity contribution in [2.24, 2.45) is 4.99 Å². The minimum Gasteiger partial charge on any atom is -0.345 e. The molecule has 1 aliphatic rings. The van der Waals surface area contributed by atoms with Crippen LogP contribution in [0.25, 0.3) is 0 Å². The van der Waals surface area contributed by atoms with E-state index in [0.717, 1.165) is 10.5 Å². The summed E-state index contributed by atoms with van der Waals surface area (Å²) >= 11 is 3.38. The predicted molar refractivity (Wildman–Crippen MR) is 98.2 cm³/mol. The molecule has 1 aliphatic heterocycles. The smallest absolute Gasteiger partial charge is 0.345 e. The lowest BCUT2D eigenvalue weighted by atomic mass is 9.96. The number of benzodiazepines with no additional fused rings is 1. The SMILES string of the molecule is CN1C(=CC#N)CN=C(c2ccccc2C(F)(F)F)c2cc(Br)ccc21. The van der Waals surface area contributed by atoms with Gasteiger partial charge in [-0.15, -0.1) is 0 Å². The number of alkyl halides is 3. The van der Waals surface area contributed by atoms with Gasteiger partial charge in [0.25, 0.3) is 0 Å². The van der Waals surface area contributed by atoms with E-state index >= 15 is 0 Å². The molecule has 26 heavy (non-hydrogen) atoms. The number of aliphatic imine (C=N–C) groups is 1. The first kappa shape index (κ1) is 18.2. The van der Waals surface area contributed by atoms with E-state index in [1.54, 1.807) is 36.2 Å². The van der Waals surface area contributed by atoms with Crippen LogP contribution in [0.2, 0.25) is 0 Å². The third-order valence-corrected chi connectivity index (χ3v) is 4.62. The normalized spacial score (nSPS) is 15.9. The molecule has 1 heterocycles. The van der Waals surface area contributed by atoms with Crippen LogP contribution in [-0.4, -0.2) is 19.3 Å². The number of hydrogen-bond donors (Lipinski definition) is 0. The van der Waals surface area contributed by atoms with Gasteiger partial charge >= 0.3 is 6.18 Å². The van der Waals surface area contributed by atoms with Crippen LogP contribution in [0.4, 0.5) is 18.9 Å². The molecule has 0 spiro atoms. The third-order valence-electron chi connectivity index (χ3n) is 4.12. The Bertz CT molecular complexity index is 955. The Labute approximate surface area is 157 Å². The summed E-state index contributed by atoms with van der Waals surface area (Å²) < 4.78 is 41.2. The molecule has 3 rings (SSSR count). The van der Waals surface area contributed by atoms with E-state index in [-0.39, 0.29) is 17.8 Å². The number of halogens is 4. The summed E-state index contributed by atoms with van der Waals surface area (Å²) in [5, 5.41) is 9.00. The Balaban J connectivity index is 2.30. The highest BCUT2D eigenvalue weighted by Crippen LogP contribution is 2.36. The number of fused-ring (bicyclic) bond motifs is 1. The maximum atomic E-state index is 13.5. The van der Waals surface area contributed by atoms with E-state index in [4.69, 9.17) is 5.26 Å². The fraction of sp³-hybridized carbons (Fsp3) is 0.158. The molecule has 0 amide bonds. The molecule has 0 bridgehead atoms. The van der Waals surface area contributed by atoms with Crippen molar-refractivity contribution in [3.05, 3.63) is 75.4 Å². The van der Waals surface area contributed by atoms with Crippen LogP contribution in [0.3, 0.4) is 0 Å². The first-order chi connectivity index (χ1) is 12.3. The molecule has 0 saturated carbocycles. The van der Waals surface area contributed by atoms with Gasteiger partial charge in [-0.05, 0) is 24.3 Å². The topological polar surface area (TPSA) is 39.4 Å². The second-order valence-electron chi connectivity index (χ2n) is 5.69. The van der Waals surface area contributed by atoms with Gasteiger partial charge < -0.3 is 4.90 Å². The van der Waals surface area contributed by atoms with Crippen molar-refractivity contribution < 1.29 is 13.2 Å². The highest BCUT2D eigenvalue weighted by atomic mass is 79.9. The number of allylic oxidation sites excluding steroid dienone is 1. The average molecular weight is 420 g/mol. The second-order valence-corrected chi connectivity index (χ2v) is 6.61. The van der Waals surface area contributed by atoms with Gasteiger partial charge in [-0.3, -0.25) is 4.99 Å². The van der Waals surface area contributed by atoms with Gasteiger partial charge in [0, 0.05) is 34.4 Å². The van der Waals surface area contributed by atoms with Crippen LogP contribution in [0.1, 0.15) is 16.7 Å². The van der Waals surface area contributed by atoms with E-state index in [9.17, 15) is 13.2 Å². The number of hydrogen-bond acceptors (Lipinski definition) is 3. The van der Waals surface area contributed by atoms with Crippen molar-refractivity contribution >= 4 is 27.3 Å². The van der Waals surface area contributed by atoms with Gasteiger partial charge in [0.05, 0.1) is 29.6 Å². The van der Waals surface area contributed by atoms with Crippen molar-refractivity contribution in [2.75, 3.05) is 18.5 Å². The molecule has 0 unspecified atom stereocenters. The third kappa shape index (κ3) is 3.37. The monoisotopic (exact) mass is 419 g/mol. The molecule has 7 heteroatoms. The number of benzene rings is 2. The van der Waals surface area contributed by atoms with Crippen molar-refractivity contribution in [1.29, 1.82) is 5.26 Å². The Kier molecular flexibility index (Phi) is 4.88. The minimum absolute atomic E-state index is 0.0194. The van der Waals surface area contributed by atoms with Crippen LogP contribution in [0.5, 0.6) is 0 Å². The fourth-order valence-corrected chi connectivity index (χ4v) is 3.24. The minimum atomic E-state index is -4.49. The fourth-order valence-electron chi connectivity index (χ4n) is 2.88. The summed E-state index contributed by atoms with van der Waals surface area (Å²) in [7, 11) is 1.77. The molecule has 0 aromatic heterocycles. The lowest BCUT2D eigenvalue weighted by Crippen LogP contribution is -2.19. The van der Waals surface area contributed by atoms with Gasteiger partial charge in [-0.1, -0.05) is 34.1 Å². The van der Waals surface area contributed by atoms with Gasteiger partial charge in [-0.2, -0.15) is 18.4 Å². The van der Waals surface area contributed by atoms with Gasteiger partial charge in [0.15, 0.2) is 0 Å². The van der Waals surface area contributed by atoms with E-state index in [1.807, 2.05) is 6.07 Å². The highest BCUT2D eigenvalue weighted by molar-refractivity contribution is 9.10. The standard InChI is InChI=1S/C19H13BrF3N3/c1-26-13(8-9-24)11-25-18(15-10-12(20)6-7-17(15)26)14-4-2-3-5-16(14)19(21,22)23/h2-8,10H,11H2,1H3. The van der Waals surface area contributed by atoms with Crippen LogP contribution in [-0.2, 0) is 6.18 Å². The lowest BCUT2D eigenvalue weighted by Gasteiger charge is -2.22. The molecule has 0 atom stereocenters. The van der Waals surface area contributed by atoms with Crippen LogP contribution >= 0.6 is 15.9 Å². The zero-order chi connectivity index (χ0) is 18.9. The second kappa shape index (κ2) is 6.96. The molecule has 2 aromatic rings. The van der Waals surface area contributed by atoms with Gasteiger partial charge in [0.1, 0.15) is 0 Å². The van der Waals surface area contributed by atoms with E-state index in [1.165, 1.54) is 18.2 Å². The van der Waals surface area contributed by atoms with Crippen molar-refractivity contribution in [3.8, 4) is 6.07 Å². The Hall–Kier alpha value is -2.59. The number of rotatable bonds is 1. The molecule has 0 saturated heterocycles. The van der Waals surface area contributed by atoms with Crippen molar-refractivity contribution in [2.45, 2.75) is 6.18 Å². The van der Waals surface area contributed by atoms with Gasteiger partial charge in [-0.25, -0.2) is 0 Å². The molecule has 3 nitrogen and oxygen atoms in total. The maximum absolute atomic E-state index is 13.5. The molecule has 0 fully saturated rings. The van der Waals surface area contributed by atoms with E-state index in [0.29, 0.717) is 16.9 Å². The highest BCUT2D eigenvalue weighted by Gasteiger charge is 2.35. The summed E-state index contributed by atoms with van der Waals surface area (Å²) in [6.45, 7) is 0.109. The van der Waals surface area contributed by atoms with Gasteiger partial charge in [0.2, 0.25) is 0 Å². The summed E-state index contributed by atoms with van der Waals surface area (Å²) in [5.74, 6) is 0. The molecule has 132 valence electrons. The van der Waals surface area contributed by atoms with E-state index < -0.39 is 11.7 Å². The zero-order valence-corrected chi connectivity index (χ0v) is 15.3. The quantitative estimate of drug-likeness (QED) is 0.598. The zero-order valence-electron chi connectivity index (χ0n) is 13.7. The number of nitrogens with zero attached hydrogens (tertiary/aromatic N) is 3. The molecule has 0 aliphatic carbocycles. The molecular formula is C19H13BrF3N3. The molecule has 0 N–H and O–H groups in total. The Morgan fingerprint density at radius 2 is 1.92 bits per heavy atom. The summed E-state index contributed by atoms with van der Waals surface area (Å²) in [4.78, 5) is 6.21. The first-order valence-electron chi connectivity index (χ1n) is 7.66. The molecule has 0 radical (unpaired) electrons. The first-order valence-corrected chi connectivity index (χ1v) is 8.45. The molecular weight excluding hydrogens is 407 g/mol. The van der Waals surface area contributed by atoms with Crippen LogP contribution in [0, 0.1) is 11.3 Å². The molecule has 2 aromatic carbocycles. The maximum Gasteiger partial charge on any atom is 0.417 e. The van der Waals surface area contributed by atoms with Crippen molar-refractivity contribution in [3.63, 3.8) is 0 Å². The van der Waals surface area contributed by atoms with Crippen molar-refractivity contribution in [1.82, 2.24) is 0 Å². The number of likely N-dealkylation sites (N-methyl/N-ethyl adjacent to an activating group) is 1. The summed E-state index contributed by atoms with van der Waals surface area (Å²) in [6.07, 6.45) is -3.14. The number of anilines is 1. The predicted octanol–water partition coefficient (Wildman–Crippen LogP) is 5.16. The number of nitriles is 1. The lowest BCUT2D eigenvalue weighted by molar-refractivity contribution is -0.137. The largest absolute Gasteiger partial charge is 0.417 e. The summed E-state index contributed by atoms with van der Waals surface area (Å²) in [6, 6.07) is 12.7. The average Bonchev–Trinajstić information content (AvgIpc) is 2.72. The Morgan fingerprint density at radius 1 is 1.19 bits per heavy atom. The van der Waals surface area contributed by atoms with Crippen LogP contribution in [0.15, 0.2) is 63.7 Å². The van der Waals surface area contributed by atoms with E-state index in [2.05, 4.69) is 20.9 Å². The van der Waals surface area contributed by atoms with Crippen LogP contribution < -0.4 is 4.90 Å². The Morgan fingerprint density at radius 3 is 2.62 bits per heavy atom. The summed E-state index contributed by atoms with van der Waals surface area (Å²) in [5.41, 5.74) is 1.40.